The molecule has 10 rings (SSSR count). The van der Waals surface area contributed by atoms with Gasteiger partial charge in [0.15, 0.2) is 0 Å². The van der Waals surface area contributed by atoms with Crippen molar-refractivity contribution in [1.82, 2.24) is 0 Å². The van der Waals surface area contributed by atoms with Gasteiger partial charge in [0, 0.05) is 16.2 Å². The van der Waals surface area contributed by atoms with E-state index in [1.165, 1.54) is 252 Å². The zero-order valence-electron chi connectivity index (χ0n) is 52.8. The summed E-state index contributed by atoms with van der Waals surface area (Å²) in [5.74, 6) is -0.883. The highest BCUT2D eigenvalue weighted by Crippen LogP contribution is 2.60. The Hall–Kier alpha value is -5.99. The molecule has 2 nitrogen and oxygen atoms in total. The number of unbranched alkanes of at least 4 members (excludes halogenated alkanes) is 18. The summed E-state index contributed by atoms with van der Waals surface area (Å²) in [6.07, 6.45) is 37.5. The molecule has 0 amide bonds. The zero-order valence-corrected chi connectivity index (χ0v) is 52.8. The minimum atomic E-state index is -0.883. The Balaban J connectivity index is 1.09. The molecule has 0 atom stereocenters. The highest BCUT2D eigenvalue weighted by atomic mass is 16.4. The summed E-state index contributed by atoms with van der Waals surface area (Å²) in [4.78, 5) is 11.9. The number of rotatable bonds is 34. The van der Waals surface area contributed by atoms with Gasteiger partial charge < -0.3 is 5.11 Å². The van der Waals surface area contributed by atoms with Crippen molar-refractivity contribution < 1.29 is 9.90 Å². The molecule has 0 bridgehead atoms. The molecule has 0 aliphatic heterocycles. The van der Waals surface area contributed by atoms with Crippen LogP contribution in [-0.2, 0) is 16.2 Å². The maximum absolute atomic E-state index is 11.9. The van der Waals surface area contributed by atoms with Gasteiger partial charge in [-0.25, -0.2) is 4.79 Å². The van der Waals surface area contributed by atoms with E-state index in [0.29, 0.717) is 5.56 Å². The second kappa shape index (κ2) is 28.5. The standard InChI is InChI=1S/C82H102O2/c1-7-13-19-27-49-80(50-28-20-14-8-2)73-34-26-25-33-67(73)68-45-40-63(56-74(68)80)64-41-47-71-72-48-43-66(59-78(72)82(77(71)57-64,53-31-23-17-11-5)54-32-24-18-12-6)65-42-46-70-69-44-39-62(60-35-37-61(38-36-60)79(83)84)55-75(69)81(76(70)58-65,51-29-21-15-9-3)52-30-22-16-10-4/h25-26,33-48,55-59H,7-24,27-32,49-54H2,1-6H3,(H,83,84). The summed E-state index contributed by atoms with van der Waals surface area (Å²) in [7, 11) is 0. The summed E-state index contributed by atoms with van der Waals surface area (Å²) in [6.45, 7) is 14.1. The first-order valence-corrected chi connectivity index (χ1v) is 34.4. The molecular weight excluding hydrogens is 1020 g/mol. The second-order valence-corrected chi connectivity index (χ2v) is 26.3. The molecule has 0 fully saturated rings. The van der Waals surface area contributed by atoms with Gasteiger partial charge in [0.2, 0.25) is 0 Å². The fraction of sp³-hybridized carbons (Fsp3) is 0.476. The van der Waals surface area contributed by atoms with Crippen molar-refractivity contribution in [2.24, 2.45) is 0 Å². The van der Waals surface area contributed by atoms with Gasteiger partial charge in [-0.1, -0.05) is 293 Å². The van der Waals surface area contributed by atoms with E-state index in [4.69, 9.17) is 0 Å². The molecule has 1 N–H and O–H groups in total. The summed E-state index contributed by atoms with van der Waals surface area (Å²) in [6, 6.07) is 54.9. The SMILES string of the molecule is CCCCCCC1(CCCCCC)c2ccccc2-c2ccc(-c3ccc4c(c3)C(CCCCCC)(CCCCCC)c3cc(-c5ccc6c(c5)C(CCCCCC)(CCCCCC)c5cc(-c7ccc(C(=O)O)cc7)ccc5-6)ccc3-4)cc21. The molecule has 0 unspecified atom stereocenters. The molecule has 0 aromatic heterocycles. The highest BCUT2D eigenvalue weighted by molar-refractivity contribution is 5.91. The van der Waals surface area contributed by atoms with E-state index in [0.717, 1.165) is 18.4 Å². The van der Waals surface area contributed by atoms with Crippen molar-refractivity contribution in [3.05, 3.63) is 178 Å². The van der Waals surface area contributed by atoms with Gasteiger partial charge >= 0.3 is 5.97 Å². The van der Waals surface area contributed by atoms with E-state index in [-0.39, 0.29) is 16.2 Å². The lowest BCUT2D eigenvalue weighted by molar-refractivity contribution is 0.0697. The Morgan fingerprint density at radius 3 is 0.786 bits per heavy atom. The number of hydrogen-bond acceptors (Lipinski definition) is 1. The van der Waals surface area contributed by atoms with Crippen molar-refractivity contribution in [2.75, 3.05) is 0 Å². The van der Waals surface area contributed by atoms with Crippen LogP contribution in [0.4, 0.5) is 0 Å². The molecule has 7 aromatic carbocycles. The minimum Gasteiger partial charge on any atom is -0.478 e. The first kappa shape index (κ1) is 61.1. The normalized spacial score (nSPS) is 14.5. The Kier molecular flexibility index (Phi) is 20.7. The van der Waals surface area contributed by atoms with E-state index >= 15 is 0 Å². The molecule has 2 heteroatoms. The van der Waals surface area contributed by atoms with Crippen LogP contribution in [0.2, 0.25) is 0 Å². The summed E-state index contributed by atoms with van der Waals surface area (Å²) in [5.41, 5.74) is 25.8. The van der Waals surface area contributed by atoms with Crippen molar-refractivity contribution in [3.63, 3.8) is 0 Å². The molecule has 0 spiro atoms. The maximum atomic E-state index is 11.9. The predicted molar refractivity (Wildman–Crippen MR) is 361 cm³/mol. The average molecular weight is 1120 g/mol. The number of carboxylic acids is 1. The fourth-order valence-electron chi connectivity index (χ4n) is 16.3. The Morgan fingerprint density at radius 1 is 0.274 bits per heavy atom. The van der Waals surface area contributed by atoms with Gasteiger partial charge in [0.1, 0.15) is 0 Å². The number of fused-ring (bicyclic) bond motifs is 9. The lowest BCUT2D eigenvalue weighted by Gasteiger charge is -2.34. The minimum absolute atomic E-state index is 0.0554. The number of aromatic carboxylic acids is 1. The van der Waals surface area contributed by atoms with Crippen LogP contribution < -0.4 is 0 Å². The second-order valence-electron chi connectivity index (χ2n) is 26.3. The van der Waals surface area contributed by atoms with Crippen LogP contribution in [0.3, 0.4) is 0 Å². The molecule has 3 aliphatic carbocycles. The smallest absolute Gasteiger partial charge is 0.335 e. The molecule has 0 saturated heterocycles. The van der Waals surface area contributed by atoms with Crippen molar-refractivity contribution >= 4 is 5.97 Å². The van der Waals surface area contributed by atoms with Gasteiger partial charge in [-0.15, -0.1) is 0 Å². The Morgan fingerprint density at radius 2 is 0.512 bits per heavy atom. The van der Waals surface area contributed by atoms with Crippen LogP contribution in [0.5, 0.6) is 0 Å². The molecule has 3 aliphatic rings. The van der Waals surface area contributed by atoms with Crippen molar-refractivity contribution in [3.8, 4) is 66.8 Å². The first-order valence-electron chi connectivity index (χ1n) is 34.4. The number of carbonyl (C=O) groups is 1. The Labute approximate surface area is 508 Å². The molecule has 0 saturated carbocycles. The van der Waals surface area contributed by atoms with Gasteiger partial charge in [0.05, 0.1) is 5.56 Å². The molecule has 442 valence electrons. The monoisotopic (exact) mass is 1120 g/mol. The van der Waals surface area contributed by atoms with E-state index in [2.05, 4.69) is 157 Å². The average Bonchev–Trinajstić information content (AvgIpc) is 3.19. The van der Waals surface area contributed by atoms with Crippen LogP contribution in [0, 0.1) is 0 Å². The summed E-state index contributed by atoms with van der Waals surface area (Å²) in [5, 5.41) is 9.77. The third-order valence-electron chi connectivity index (χ3n) is 20.9. The number of benzene rings is 7. The van der Waals surface area contributed by atoms with Crippen LogP contribution >= 0.6 is 0 Å². The number of hydrogen-bond donors (Lipinski definition) is 1. The van der Waals surface area contributed by atoms with E-state index in [1.807, 2.05) is 12.1 Å². The third kappa shape index (κ3) is 12.4. The number of carboxylic acid groups (broad SMARTS) is 1. The lowest BCUT2D eigenvalue weighted by atomic mass is 9.69. The summed E-state index contributed by atoms with van der Waals surface area (Å²) >= 11 is 0. The van der Waals surface area contributed by atoms with Gasteiger partial charge in [-0.05, 0) is 181 Å². The van der Waals surface area contributed by atoms with Crippen LogP contribution in [0.15, 0.2) is 140 Å². The van der Waals surface area contributed by atoms with E-state index < -0.39 is 5.97 Å². The summed E-state index contributed by atoms with van der Waals surface area (Å²) < 4.78 is 0. The molecule has 0 heterocycles. The van der Waals surface area contributed by atoms with Gasteiger partial charge in [0.25, 0.3) is 0 Å². The fourth-order valence-corrected chi connectivity index (χ4v) is 16.3. The van der Waals surface area contributed by atoms with Crippen LogP contribution in [0.25, 0.3) is 66.8 Å². The largest absolute Gasteiger partial charge is 0.478 e. The quantitative estimate of drug-likeness (QED) is 0.0408. The van der Waals surface area contributed by atoms with Crippen LogP contribution in [0.1, 0.15) is 278 Å². The maximum Gasteiger partial charge on any atom is 0.335 e. The van der Waals surface area contributed by atoms with Gasteiger partial charge in [-0.3, -0.25) is 0 Å². The topological polar surface area (TPSA) is 37.3 Å². The highest BCUT2D eigenvalue weighted by Gasteiger charge is 2.46. The predicted octanol–water partition coefficient (Wildman–Crippen LogP) is 25.0. The van der Waals surface area contributed by atoms with Crippen molar-refractivity contribution in [2.45, 2.75) is 250 Å². The molecule has 0 radical (unpaired) electrons. The molecule has 7 aromatic rings. The van der Waals surface area contributed by atoms with E-state index in [9.17, 15) is 9.90 Å². The van der Waals surface area contributed by atoms with Crippen molar-refractivity contribution in [1.29, 1.82) is 0 Å². The zero-order chi connectivity index (χ0) is 58.5. The Bertz CT molecular complexity index is 3280. The van der Waals surface area contributed by atoms with E-state index in [1.54, 1.807) is 34.4 Å². The first-order chi connectivity index (χ1) is 41.2. The lowest BCUT2D eigenvalue weighted by Crippen LogP contribution is -2.26. The molecule has 84 heavy (non-hydrogen) atoms. The molecular formula is C82H102O2. The van der Waals surface area contributed by atoms with Crippen LogP contribution in [-0.4, -0.2) is 11.1 Å². The third-order valence-corrected chi connectivity index (χ3v) is 20.9. The van der Waals surface area contributed by atoms with Gasteiger partial charge in [-0.2, -0.15) is 0 Å².